The average molecular weight is 214 g/mol. The van der Waals surface area contributed by atoms with Gasteiger partial charge in [-0.15, -0.1) is 0 Å². The number of hydrogen-bond acceptors (Lipinski definition) is 1. The molecule has 0 saturated heterocycles. The molecule has 0 atom stereocenters. The first-order chi connectivity index (χ1) is 5.34. The Balaban J connectivity index is 2.62. The number of anilines is 1. The van der Waals surface area contributed by atoms with Crippen molar-refractivity contribution in [1.82, 2.24) is 0 Å². The van der Waals surface area contributed by atoms with E-state index in [2.05, 4.69) is 22.0 Å². The third-order valence-electron chi connectivity index (χ3n) is 1.63. The number of halogens is 1. The van der Waals surface area contributed by atoms with E-state index in [1.54, 1.807) is 0 Å². The quantitative estimate of drug-likeness (QED) is 0.607. The number of aryl methyl sites for hydroxylation is 1. The van der Waals surface area contributed by atoms with Crippen LogP contribution in [0.5, 0.6) is 0 Å². The molecule has 0 amide bonds. The van der Waals surface area contributed by atoms with Gasteiger partial charge in [0.25, 0.3) is 0 Å². The highest BCUT2D eigenvalue weighted by Gasteiger charge is 1.95. The fourth-order valence-electron chi connectivity index (χ4n) is 1.02. The molecule has 1 aromatic rings. The van der Waals surface area contributed by atoms with Crippen LogP contribution in [0.25, 0.3) is 0 Å². The lowest BCUT2D eigenvalue weighted by Crippen LogP contribution is -1.93. The van der Waals surface area contributed by atoms with E-state index >= 15 is 0 Å². The summed E-state index contributed by atoms with van der Waals surface area (Å²) >= 11 is 3.39. The lowest BCUT2D eigenvalue weighted by atomic mass is 10.1. The van der Waals surface area contributed by atoms with Crippen LogP contribution < -0.4 is 5.73 Å². The maximum absolute atomic E-state index is 5.75. The summed E-state index contributed by atoms with van der Waals surface area (Å²) in [5.41, 5.74) is 7.91. The summed E-state index contributed by atoms with van der Waals surface area (Å²) in [5, 5.41) is 1.04. The van der Waals surface area contributed by atoms with E-state index in [1.165, 1.54) is 5.56 Å². The summed E-state index contributed by atoms with van der Waals surface area (Å²) in [6, 6.07) is 8.02. The van der Waals surface area contributed by atoms with Crippen LogP contribution >= 0.6 is 15.9 Å². The first-order valence-corrected chi connectivity index (χ1v) is 4.86. The number of benzene rings is 1. The van der Waals surface area contributed by atoms with Gasteiger partial charge in [0.1, 0.15) is 0 Å². The molecule has 60 valence electrons. The van der Waals surface area contributed by atoms with Crippen molar-refractivity contribution in [1.29, 1.82) is 0 Å². The average Bonchev–Trinajstić information content (AvgIpc) is 2.03. The summed E-state index contributed by atoms with van der Waals surface area (Å²) in [6.07, 6.45) is 2.21. The van der Waals surface area contributed by atoms with Gasteiger partial charge in [0, 0.05) is 11.0 Å². The first kappa shape index (κ1) is 8.60. The molecule has 0 saturated carbocycles. The molecule has 0 radical (unpaired) electrons. The highest BCUT2D eigenvalue weighted by molar-refractivity contribution is 9.09. The van der Waals surface area contributed by atoms with Crippen LogP contribution in [0.4, 0.5) is 5.69 Å². The van der Waals surface area contributed by atoms with Crippen molar-refractivity contribution in [2.24, 2.45) is 0 Å². The summed E-state index contributed by atoms with van der Waals surface area (Å²) < 4.78 is 0. The van der Waals surface area contributed by atoms with Crippen molar-refractivity contribution in [3.8, 4) is 0 Å². The second-order valence-electron chi connectivity index (χ2n) is 2.49. The van der Waals surface area contributed by atoms with Gasteiger partial charge in [0.2, 0.25) is 0 Å². The van der Waals surface area contributed by atoms with E-state index in [1.807, 2.05) is 18.2 Å². The van der Waals surface area contributed by atoms with Crippen LogP contribution in [0.1, 0.15) is 12.0 Å². The standard InChI is InChI=1S/C9H12BrN/c10-7-3-5-8-4-1-2-6-9(8)11/h1-2,4,6H,3,5,7,11H2. The highest BCUT2D eigenvalue weighted by Crippen LogP contribution is 2.12. The van der Waals surface area contributed by atoms with Crippen molar-refractivity contribution in [2.45, 2.75) is 12.8 Å². The molecule has 0 bridgehead atoms. The smallest absolute Gasteiger partial charge is 0.0346 e. The Morgan fingerprint density at radius 1 is 1.27 bits per heavy atom. The summed E-state index contributed by atoms with van der Waals surface area (Å²) in [4.78, 5) is 0. The molecule has 0 fully saturated rings. The zero-order valence-corrected chi connectivity index (χ0v) is 7.97. The van der Waals surface area contributed by atoms with Gasteiger partial charge in [-0.05, 0) is 24.5 Å². The molecule has 1 nitrogen and oxygen atoms in total. The SMILES string of the molecule is Nc1ccccc1CCCBr. The lowest BCUT2D eigenvalue weighted by Gasteiger charge is -2.02. The molecule has 2 N–H and O–H groups in total. The third-order valence-corrected chi connectivity index (χ3v) is 2.20. The van der Waals surface area contributed by atoms with Crippen molar-refractivity contribution < 1.29 is 0 Å². The normalized spacial score (nSPS) is 9.91. The van der Waals surface area contributed by atoms with Gasteiger partial charge in [-0.1, -0.05) is 34.1 Å². The van der Waals surface area contributed by atoms with Crippen molar-refractivity contribution >= 4 is 21.6 Å². The largest absolute Gasteiger partial charge is 0.399 e. The monoisotopic (exact) mass is 213 g/mol. The van der Waals surface area contributed by atoms with Crippen molar-refractivity contribution in [2.75, 3.05) is 11.1 Å². The number of nitrogens with two attached hydrogens (primary N) is 1. The molecular weight excluding hydrogens is 202 g/mol. The third kappa shape index (κ3) is 2.54. The van der Waals surface area contributed by atoms with Crippen molar-refractivity contribution in [3.05, 3.63) is 29.8 Å². The number of nitrogen functional groups attached to an aromatic ring is 1. The first-order valence-electron chi connectivity index (χ1n) is 3.74. The molecule has 1 aromatic carbocycles. The Morgan fingerprint density at radius 3 is 2.64 bits per heavy atom. The molecule has 1 rings (SSSR count). The molecule has 0 aliphatic rings. The van der Waals surface area contributed by atoms with E-state index < -0.39 is 0 Å². The minimum atomic E-state index is 0.911. The summed E-state index contributed by atoms with van der Waals surface area (Å²) in [5.74, 6) is 0. The molecule has 0 heterocycles. The second-order valence-corrected chi connectivity index (χ2v) is 3.28. The Labute approximate surface area is 75.7 Å². The Kier molecular flexibility index (Phi) is 3.43. The maximum Gasteiger partial charge on any atom is 0.0346 e. The zero-order chi connectivity index (χ0) is 8.10. The molecule has 0 unspecified atom stereocenters. The number of hydrogen-bond donors (Lipinski definition) is 1. The van der Waals surface area contributed by atoms with Gasteiger partial charge in [0.15, 0.2) is 0 Å². The number of alkyl halides is 1. The minimum absolute atomic E-state index is 0.911. The molecular formula is C9H12BrN. The fourth-order valence-corrected chi connectivity index (χ4v) is 1.30. The lowest BCUT2D eigenvalue weighted by molar-refractivity contribution is 0.942. The molecule has 11 heavy (non-hydrogen) atoms. The predicted molar refractivity (Wildman–Crippen MR) is 53.0 cm³/mol. The van der Waals surface area contributed by atoms with E-state index in [9.17, 15) is 0 Å². The van der Waals surface area contributed by atoms with E-state index in [-0.39, 0.29) is 0 Å². The van der Waals surface area contributed by atoms with E-state index in [0.29, 0.717) is 0 Å². The van der Waals surface area contributed by atoms with Gasteiger partial charge >= 0.3 is 0 Å². The van der Waals surface area contributed by atoms with Crippen LogP contribution in [0.2, 0.25) is 0 Å². The van der Waals surface area contributed by atoms with Crippen LogP contribution in [-0.4, -0.2) is 5.33 Å². The minimum Gasteiger partial charge on any atom is -0.399 e. The number of para-hydroxylation sites is 1. The van der Waals surface area contributed by atoms with E-state index in [4.69, 9.17) is 5.73 Å². The van der Waals surface area contributed by atoms with Crippen LogP contribution in [0.3, 0.4) is 0 Å². The molecule has 0 aliphatic heterocycles. The molecule has 2 heteroatoms. The van der Waals surface area contributed by atoms with Gasteiger partial charge in [-0.25, -0.2) is 0 Å². The van der Waals surface area contributed by atoms with Crippen LogP contribution in [0.15, 0.2) is 24.3 Å². The predicted octanol–water partition coefficient (Wildman–Crippen LogP) is 2.60. The zero-order valence-electron chi connectivity index (χ0n) is 6.39. The number of rotatable bonds is 3. The molecule has 0 aromatic heterocycles. The summed E-state index contributed by atoms with van der Waals surface area (Å²) in [7, 11) is 0. The topological polar surface area (TPSA) is 26.0 Å². The molecule has 0 spiro atoms. The Bertz CT molecular complexity index is 223. The highest BCUT2D eigenvalue weighted by atomic mass is 79.9. The Morgan fingerprint density at radius 2 is 2.00 bits per heavy atom. The van der Waals surface area contributed by atoms with Crippen LogP contribution in [-0.2, 0) is 6.42 Å². The van der Waals surface area contributed by atoms with Gasteiger partial charge < -0.3 is 5.73 Å². The van der Waals surface area contributed by atoms with Gasteiger partial charge in [0.05, 0.1) is 0 Å². The second kappa shape index (κ2) is 4.39. The van der Waals surface area contributed by atoms with Gasteiger partial charge in [-0.2, -0.15) is 0 Å². The van der Waals surface area contributed by atoms with Crippen LogP contribution in [0, 0.1) is 0 Å². The Hall–Kier alpha value is -0.500. The molecule has 0 aliphatic carbocycles. The van der Waals surface area contributed by atoms with E-state index in [0.717, 1.165) is 23.9 Å². The maximum atomic E-state index is 5.75. The fraction of sp³-hybridized carbons (Fsp3) is 0.333. The van der Waals surface area contributed by atoms with Crippen molar-refractivity contribution in [3.63, 3.8) is 0 Å². The van der Waals surface area contributed by atoms with Gasteiger partial charge in [-0.3, -0.25) is 0 Å². The summed E-state index contributed by atoms with van der Waals surface area (Å²) in [6.45, 7) is 0.